The van der Waals surface area contributed by atoms with Crippen LogP contribution in [0.4, 0.5) is 10.6 Å². The highest BCUT2D eigenvalue weighted by Gasteiger charge is 2.55. The van der Waals surface area contributed by atoms with Crippen molar-refractivity contribution in [1.29, 1.82) is 0 Å². The Morgan fingerprint density at radius 3 is 2.66 bits per heavy atom. The first kappa shape index (κ1) is 21.1. The zero-order valence-corrected chi connectivity index (χ0v) is 17.1. The monoisotopic (exact) mass is 402 g/mol. The van der Waals surface area contributed by atoms with Crippen molar-refractivity contribution in [2.24, 2.45) is 17.8 Å². The topological polar surface area (TPSA) is 117 Å². The van der Waals surface area contributed by atoms with Crippen LogP contribution in [0, 0.1) is 17.8 Å². The fourth-order valence-electron chi connectivity index (χ4n) is 4.66. The Balaban J connectivity index is 1.64. The van der Waals surface area contributed by atoms with Gasteiger partial charge in [-0.25, -0.2) is 19.5 Å². The summed E-state index contributed by atoms with van der Waals surface area (Å²) in [5.74, 6) is -1.19. The molecule has 3 amide bonds. The quantitative estimate of drug-likeness (QED) is 0.706. The lowest BCUT2D eigenvalue weighted by Crippen LogP contribution is -2.68. The molecule has 8 heteroatoms. The molecule has 3 N–H and O–H groups in total. The van der Waals surface area contributed by atoms with E-state index < -0.39 is 29.9 Å². The Bertz CT molecular complexity index is 778. The molecule has 1 aromatic heterocycles. The maximum absolute atomic E-state index is 12.9. The van der Waals surface area contributed by atoms with Gasteiger partial charge in [0.05, 0.1) is 5.92 Å². The molecule has 3 rings (SSSR count). The smallest absolute Gasteiger partial charge is 0.327 e. The number of hydrogen-bond acceptors (Lipinski definition) is 5. The first-order valence-corrected chi connectivity index (χ1v) is 10.3. The molecule has 0 spiro atoms. The number of anilines is 1. The van der Waals surface area contributed by atoms with E-state index in [1.807, 2.05) is 0 Å². The van der Waals surface area contributed by atoms with Gasteiger partial charge < -0.3 is 15.7 Å². The van der Waals surface area contributed by atoms with E-state index in [1.165, 1.54) is 43.2 Å². The molecule has 1 saturated heterocycles. The molecular weight excluding hydrogens is 372 g/mol. The second kappa shape index (κ2) is 8.80. The number of hydrogen-bond donors (Lipinski definition) is 2. The van der Waals surface area contributed by atoms with Gasteiger partial charge in [0, 0.05) is 19.8 Å². The molecule has 1 aliphatic heterocycles. The number of rotatable bonds is 6. The van der Waals surface area contributed by atoms with Gasteiger partial charge in [-0.3, -0.25) is 4.79 Å². The average molecular weight is 402 g/mol. The fourth-order valence-corrected chi connectivity index (χ4v) is 4.66. The van der Waals surface area contributed by atoms with Gasteiger partial charge in [-0.1, -0.05) is 39.0 Å². The van der Waals surface area contributed by atoms with Crippen molar-refractivity contribution in [2.45, 2.75) is 51.5 Å². The van der Waals surface area contributed by atoms with Crippen molar-refractivity contribution in [3.8, 4) is 0 Å². The summed E-state index contributed by atoms with van der Waals surface area (Å²) < 4.78 is 0. The molecule has 8 nitrogen and oxygen atoms in total. The number of carboxylic acid groups (broad SMARTS) is 1. The molecule has 0 unspecified atom stereocenters. The molecule has 1 saturated carbocycles. The number of carbonyl (C=O) groups excluding carboxylic acids is 2. The first-order valence-electron chi connectivity index (χ1n) is 10.3. The number of likely N-dealkylation sites (tertiary alicyclic amines) is 1. The van der Waals surface area contributed by atoms with Crippen molar-refractivity contribution in [3.63, 3.8) is 0 Å². The third-order valence-corrected chi connectivity index (χ3v) is 6.32. The second-order valence-electron chi connectivity index (χ2n) is 8.43. The van der Waals surface area contributed by atoms with E-state index in [1.54, 1.807) is 19.2 Å². The van der Waals surface area contributed by atoms with Gasteiger partial charge in [-0.05, 0) is 36.0 Å². The summed E-state index contributed by atoms with van der Waals surface area (Å²) in [6, 6.07) is 1.63. The van der Waals surface area contributed by atoms with Crippen LogP contribution in [-0.4, -0.2) is 57.4 Å². The fraction of sp³-hybridized carbons (Fsp3) is 0.619. The SMILES string of the molecule is C[C@@H](CN(C)C(=O)N1C(=O)[C@H](Cc2ccnc(N)c2)[C@H]1C(=O)O)C1CCCCC1. The first-order chi connectivity index (χ1) is 13.8. The lowest BCUT2D eigenvalue weighted by Gasteiger charge is -2.45. The van der Waals surface area contributed by atoms with Crippen molar-refractivity contribution >= 4 is 23.7 Å². The minimum absolute atomic E-state index is 0.217. The van der Waals surface area contributed by atoms with Crippen molar-refractivity contribution in [2.75, 3.05) is 19.3 Å². The van der Waals surface area contributed by atoms with Crippen LogP contribution >= 0.6 is 0 Å². The van der Waals surface area contributed by atoms with Gasteiger partial charge >= 0.3 is 12.0 Å². The molecule has 2 fully saturated rings. The zero-order valence-electron chi connectivity index (χ0n) is 17.1. The Morgan fingerprint density at radius 1 is 1.34 bits per heavy atom. The Labute approximate surface area is 171 Å². The number of carbonyl (C=O) groups is 3. The number of nitrogens with zero attached hydrogens (tertiary/aromatic N) is 3. The number of aliphatic carboxylic acids is 1. The molecule has 2 heterocycles. The summed E-state index contributed by atoms with van der Waals surface area (Å²) in [6.07, 6.45) is 7.78. The Morgan fingerprint density at radius 2 is 2.03 bits per heavy atom. The van der Waals surface area contributed by atoms with Gasteiger partial charge in [-0.2, -0.15) is 0 Å². The van der Waals surface area contributed by atoms with E-state index >= 15 is 0 Å². The number of amides is 3. The molecule has 158 valence electrons. The van der Waals surface area contributed by atoms with E-state index in [0.717, 1.165) is 10.5 Å². The van der Waals surface area contributed by atoms with Crippen LogP contribution in [-0.2, 0) is 16.0 Å². The maximum Gasteiger partial charge on any atom is 0.327 e. The zero-order chi connectivity index (χ0) is 21.1. The molecule has 2 aliphatic rings. The van der Waals surface area contributed by atoms with Crippen LogP contribution in [0.2, 0.25) is 0 Å². The Hall–Kier alpha value is -2.64. The predicted octanol–water partition coefficient (Wildman–Crippen LogP) is 2.39. The number of nitrogen functional groups attached to an aromatic ring is 1. The highest BCUT2D eigenvalue weighted by Crippen LogP contribution is 2.33. The van der Waals surface area contributed by atoms with E-state index in [0.29, 0.717) is 24.2 Å². The van der Waals surface area contributed by atoms with Crippen LogP contribution in [0.3, 0.4) is 0 Å². The number of carboxylic acids is 1. The molecular formula is C21H30N4O4. The largest absolute Gasteiger partial charge is 0.480 e. The molecule has 1 aliphatic carbocycles. The van der Waals surface area contributed by atoms with Crippen LogP contribution in [0.5, 0.6) is 0 Å². The normalized spacial score (nSPS) is 23.4. The van der Waals surface area contributed by atoms with Gasteiger partial charge in [0.2, 0.25) is 5.91 Å². The summed E-state index contributed by atoms with van der Waals surface area (Å²) >= 11 is 0. The number of β-lactam (4-membered cyclic amide) rings is 1. The number of pyridine rings is 1. The summed E-state index contributed by atoms with van der Waals surface area (Å²) in [6.45, 7) is 2.65. The number of nitrogens with two attached hydrogens (primary N) is 1. The van der Waals surface area contributed by atoms with Crippen LogP contribution < -0.4 is 5.73 Å². The minimum atomic E-state index is -1.17. The minimum Gasteiger partial charge on any atom is -0.480 e. The molecule has 0 radical (unpaired) electrons. The molecule has 3 atom stereocenters. The van der Waals surface area contributed by atoms with Crippen LogP contribution in [0.25, 0.3) is 0 Å². The lowest BCUT2D eigenvalue weighted by molar-refractivity contribution is -0.166. The van der Waals surface area contributed by atoms with E-state index in [2.05, 4.69) is 11.9 Å². The maximum atomic E-state index is 12.9. The van der Waals surface area contributed by atoms with Crippen molar-refractivity contribution in [1.82, 2.24) is 14.8 Å². The summed E-state index contributed by atoms with van der Waals surface area (Å²) in [5, 5.41) is 9.64. The molecule has 0 bridgehead atoms. The molecule has 1 aromatic rings. The third-order valence-electron chi connectivity index (χ3n) is 6.32. The van der Waals surface area contributed by atoms with Gasteiger partial charge in [-0.15, -0.1) is 0 Å². The van der Waals surface area contributed by atoms with Crippen LogP contribution in [0.1, 0.15) is 44.6 Å². The lowest BCUT2D eigenvalue weighted by atomic mass is 9.80. The summed E-state index contributed by atoms with van der Waals surface area (Å²) in [7, 11) is 1.64. The average Bonchev–Trinajstić information content (AvgIpc) is 2.69. The standard InChI is InChI=1S/C21H30N4O4/c1-13(15-6-4-3-5-7-15)12-24(2)21(29)25-18(20(27)28)16(19(25)26)10-14-8-9-23-17(22)11-14/h8-9,11,13,15-16,18H,3-7,10,12H2,1-2H3,(H2,22,23)(H,27,28)/t13-,16+,18-/m0/s1. The van der Waals surface area contributed by atoms with E-state index in [-0.39, 0.29) is 6.42 Å². The van der Waals surface area contributed by atoms with Crippen molar-refractivity contribution in [3.05, 3.63) is 23.9 Å². The third kappa shape index (κ3) is 4.52. The van der Waals surface area contributed by atoms with Gasteiger partial charge in [0.25, 0.3) is 0 Å². The molecule has 0 aromatic carbocycles. The molecule has 29 heavy (non-hydrogen) atoms. The highest BCUT2D eigenvalue weighted by atomic mass is 16.4. The van der Waals surface area contributed by atoms with Gasteiger partial charge in [0.15, 0.2) is 6.04 Å². The van der Waals surface area contributed by atoms with E-state index in [9.17, 15) is 19.5 Å². The number of urea groups is 1. The number of aromatic nitrogens is 1. The predicted molar refractivity (Wildman–Crippen MR) is 108 cm³/mol. The number of imide groups is 1. The van der Waals surface area contributed by atoms with E-state index in [4.69, 9.17) is 5.73 Å². The summed E-state index contributed by atoms with van der Waals surface area (Å²) in [5.41, 5.74) is 6.39. The summed E-state index contributed by atoms with van der Waals surface area (Å²) in [4.78, 5) is 43.6. The van der Waals surface area contributed by atoms with Crippen molar-refractivity contribution < 1.29 is 19.5 Å². The second-order valence-corrected chi connectivity index (χ2v) is 8.43. The highest BCUT2D eigenvalue weighted by molar-refractivity contribution is 6.07. The Kier molecular flexibility index (Phi) is 6.39. The van der Waals surface area contributed by atoms with Gasteiger partial charge in [0.1, 0.15) is 5.82 Å². The van der Waals surface area contributed by atoms with Crippen LogP contribution in [0.15, 0.2) is 18.3 Å².